The van der Waals surface area contributed by atoms with Crippen molar-refractivity contribution in [2.45, 2.75) is 45.1 Å². The van der Waals surface area contributed by atoms with Gasteiger partial charge in [-0.3, -0.25) is 9.98 Å². The van der Waals surface area contributed by atoms with Gasteiger partial charge in [0.2, 0.25) is 0 Å². The smallest absolute Gasteiger partial charge is 0.191 e. The number of rotatable bonds is 6. The van der Waals surface area contributed by atoms with Gasteiger partial charge in [0.25, 0.3) is 0 Å². The molecule has 7 nitrogen and oxygen atoms in total. The van der Waals surface area contributed by atoms with Crippen LogP contribution in [0.2, 0.25) is 0 Å². The summed E-state index contributed by atoms with van der Waals surface area (Å²) >= 11 is 0. The van der Waals surface area contributed by atoms with Gasteiger partial charge in [-0.15, -0.1) is 10.2 Å². The topological polar surface area (TPSA) is 80.0 Å². The van der Waals surface area contributed by atoms with Crippen molar-refractivity contribution in [2.24, 2.45) is 4.99 Å². The normalized spacial score (nSPS) is 14.7. The third-order valence-electron chi connectivity index (χ3n) is 4.45. The average Bonchev–Trinajstić information content (AvgIpc) is 2.88. The van der Waals surface area contributed by atoms with Crippen molar-refractivity contribution < 1.29 is 0 Å². The number of guanidine groups is 1. The Kier molecular flexibility index (Phi) is 6.36. The van der Waals surface area contributed by atoms with Crippen LogP contribution in [0, 0.1) is 0 Å². The highest BCUT2D eigenvalue weighted by molar-refractivity contribution is 5.79. The lowest BCUT2D eigenvalue weighted by Crippen LogP contribution is -2.39. The zero-order chi connectivity index (χ0) is 17.3. The Morgan fingerprint density at radius 1 is 1.12 bits per heavy atom. The summed E-state index contributed by atoms with van der Waals surface area (Å²) in [5.74, 6) is 3.03. The van der Waals surface area contributed by atoms with Crippen LogP contribution >= 0.6 is 0 Å². The third kappa shape index (κ3) is 5.01. The monoisotopic (exact) mass is 341 g/mol. The summed E-state index contributed by atoms with van der Waals surface area (Å²) in [7, 11) is 1.79. The summed E-state index contributed by atoms with van der Waals surface area (Å²) in [4.78, 5) is 8.60. The lowest BCUT2D eigenvalue weighted by atomic mass is 10.2. The quantitative estimate of drug-likeness (QED) is 0.612. The zero-order valence-electron chi connectivity index (χ0n) is 14.9. The van der Waals surface area contributed by atoms with E-state index < -0.39 is 0 Å². The molecule has 134 valence electrons. The van der Waals surface area contributed by atoms with E-state index >= 15 is 0 Å². The third-order valence-corrected chi connectivity index (χ3v) is 4.45. The second-order valence-electron chi connectivity index (χ2n) is 6.24. The number of aliphatic imine (C=N–C) groups is 1. The van der Waals surface area contributed by atoms with Gasteiger partial charge < -0.3 is 15.2 Å². The van der Waals surface area contributed by atoms with Crippen LogP contribution in [0.15, 0.2) is 29.4 Å². The van der Waals surface area contributed by atoms with E-state index in [1.54, 1.807) is 7.05 Å². The second-order valence-corrected chi connectivity index (χ2v) is 6.24. The molecule has 0 saturated carbocycles. The van der Waals surface area contributed by atoms with Crippen molar-refractivity contribution >= 4 is 5.96 Å². The molecule has 2 aromatic heterocycles. The van der Waals surface area contributed by atoms with Gasteiger partial charge in [0.1, 0.15) is 11.6 Å². The molecular weight excluding hydrogens is 314 g/mol. The fourth-order valence-electron chi connectivity index (χ4n) is 3.10. The molecule has 7 heteroatoms. The van der Waals surface area contributed by atoms with Crippen LogP contribution in [-0.4, -0.2) is 45.8 Å². The van der Waals surface area contributed by atoms with Gasteiger partial charge in [0, 0.05) is 57.8 Å². The highest BCUT2D eigenvalue weighted by Gasteiger charge is 2.14. The molecule has 0 saturated heterocycles. The fourth-order valence-corrected chi connectivity index (χ4v) is 3.10. The van der Waals surface area contributed by atoms with E-state index in [1.165, 1.54) is 19.3 Å². The Balaban J connectivity index is 1.42. The first-order valence-corrected chi connectivity index (χ1v) is 9.12. The predicted molar refractivity (Wildman–Crippen MR) is 98.6 cm³/mol. The first-order chi connectivity index (χ1) is 12.4. The van der Waals surface area contributed by atoms with E-state index in [-0.39, 0.29) is 0 Å². The molecule has 0 aliphatic carbocycles. The molecule has 0 amide bonds. The molecule has 1 aliphatic rings. The summed E-state index contributed by atoms with van der Waals surface area (Å²) in [5.41, 5.74) is 1.08. The Hall–Kier alpha value is -2.44. The van der Waals surface area contributed by atoms with Gasteiger partial charge in [0.05, 0.1) is 0 Å². The summed E-state index contributed by atoms with van der Waals surface area (Å²) in [6.07, 6.45) is 8.34. The largest absolute Gasteiger partial charge is 0.356 e. The minimum atomic E-state index is 0.793. The number of fused-ring (bicyclic) bond motifs is 1. The van der Waals surface area contributed by atoms with Crippen molar-refractivity contribution in [3.63, 3.8) is 0 Å². The van der Waals surface area contributed by atoms with E-state index in [4.69, 9.17) is 0 Å². The molecule has 3 heterocycles. The number of hydrogen-bond donors (Lipinski definition) is 2. The van der Waals surface area contributed by atoms with Crippen molar-refractivity contribution in [1.29, 1.82) is 0 Å². The van der Waals surface area contributed by atoms with Gasteiger partial charge in [0.15, 0.2) is 5.96 Å². The summed E-state index contributed by atoms with van der Waals surface area (Å²) in [6.45, 7) is 2.65. The maximum Gasteiger partial charge on any atom is 0.191 e. The average molecular weight is 341 g/mol. The maximum absolute atomic E-state index is 4.37. The zero-order valence-corrected chi connectivity index (χ0v) is 14.9. The molecule has 0 radical (unpaired) electrons. The van der Waals surface area contributed by atoms with Crippen molar-refractivity contribution in [3.05, 3.63) is 41.7 Å². The van der Waals surface area contributed by atoms with Crippen LogP contribution in [0.25, 0.3) is 0 Å². The molecule has 0 atom stereocenters. The molecule has 1 aliphatic heterocycles. The van der Waals surface area contributed by atoms with Gasteiger partial charge in [-0.25, -0.2) is 0 Å². The van der Waals surface area contributed by atoms with Gasteiger partial charge >= 0.3 is 0 Å². The molecule has 2 aromatic rings. The molecular formula is C18H27N7. The van der Waals surface area contributed by atoms with Crippen LogP contribution in [0.5, 0.6) is 0 Å². The van der Waals surface area contributed by atoms with E-state index in [9.17, 15) is 0 Å². The number of aromatic nitrogens is 4. The number of pyridine rings is 1. The minimum Gasteiger partial charge on any atom is -0.356 e. The highest BCUT2D eigenvalue weighted by atomic mass is 15.3. The Labute approximate surface area is 149 Å². The van der Waals surface area contributed by atoms with Crippen molar-refractivity contribution in [2.75, 3.05) is 20.1 Å². The van der Waals surface area contributed by atoms with E-state index in [0.29, 0.717) is 0 Å². The number of aryl methyl sites for hydroxylation is 1. The van der Waals surface area contributed by atoms with E-state index in [2.05, 4.69) is 35.4 Å². The Bertz CT molecular complexity index is 678. The summed E-state index contributed by atoms with van der Waals surface area (Å²) in [5, 5.41) is 15.4. The van der Waals surface area contributed by atoms with Gasteiger partial charge in [-0.05, 0) is 25.0 Å². The fraction of sp³-hybridized carbons (Fsp3) is 0.556. The van der Waals surface area contributed by atoms with E-state index in [0.717, 1.165) is 62.2 Å². The number of hydrogen-bond acceptors (Lipinski definition) is 4. The first-order valence-electron chi connectivity index (χ1n) is 9.12. The lowest BCUT2D eigenvalue weighted by molar-refractivity contribution is 0.600. The maximum atomic E-state index is 4.37. The standard InChI is InChI=1S/C18H27N7/c1-19-18(21-12-9-15-7-4-5-11-20-15)22-13-10-17-24-23-16-8-3-2-6-14-25(16)17/h4-5,7,11H,2-3,6,8-10,12-14H2,1H3,(H2,19,21,22). The van der Waals surface area contributed by atoms with Gasteiger partial charge in [-0.1, -0.05) is 12.5 Å². The summed E-state index contributed by atoms with van der Waals surface area (Å²) < 4.78 is 2.30. The summed E-state index contributed by atoms with van der Waals surface area (Å²) in [6, 6.07) is 5.98. The molecule has 0 fully saturated rings. The number of nitrogens with one attached hydrogen (secondary N) is 2. The Morgan fingerprint density at radius 2 is 2.00 bits per heavy atom. The van der Waals surface area contributed by atoms with Crippen LogP contribution in [0.4, 0.5) is 0 Å². The van der Waals surface area contributed by atoms with E-state index in [1.807, 2.05) is 24.4 Å². The predicted octanol–water partition coefficient (Wildman–Crippen LogP) is 1.35. The highest BCUT2D eigenvalue weighted by Crippen LogP contribution is 2.14. The second kappa shape index (κ2) is 9.15. The van der Waals surface area contributed by atoms with Crippen LogP contribution < -0.4 is 10.6 Å². The lowest BCUT2D eigenvalue weighted by Gasteiger charge is -2.12. The molecule has 2 N–H and O–H groups in total. The van der Waals surface area contributed by atoms with Crippen LogP contribution in [-0.2, 0) is 25.8 Å². The van der Waals surface area contributed by atoms with Crippen LogP contribution in [0.1, 0.15) is 36.6 Å². The Morgan fingerprint density at radius 3 is 2.80 bits per heavy atom. The molecule has 0 bridgehead atoms. The SMILES string of the molecule is CN=C(NCCc1ccccn1)NCCc1nnc2n1CCCCC2. The molecule has 0 spiro atoms. The molecule has 25 heavy (non-hydrogen) atoms. The molecule has 3 rings (SSSR count). The van der Waals surface area contributed by atoms with Crippen molar-refractivity contribution in [1.82, 2.24) is 30.4 Å². The van der Waals surface area contributed by atoms with Gasteiger partial charge in [-0.2, -0.15) is 0 Å². The molecule has 0 unspecified atom stereocenters. The molecule has 0 aromatic carbocycles. The first kappa shape index (κ1) is 17.4. The number of nitrogens with zero attached hydrogens (tertiary/aromatic N) is 5. The van der Waals surface area contributed by atoms with Crippen LogP contribution in [0.3, 0.4) is 0 Å². The minimum absolute atomic E-state index is 0.793. The van der Waals surface area contributed by atoms with Crippen molar-refractivity contribution in [3.8, 4) is 0 Å².